The maximum atomic E-state index is 4.19. The van der Waals surface area contributed by atoms with E-state index in [9.17, 15) is 0 Å². The number of nitrogens with zero attached hydrogens (tertiary/aromatic N) is 3. The normalized spacial score (nSPS) is 14.7. The fourth-order valence-corrected chi connectivity index (χ4v) is 2.59. The second-order valence-corrected chi connectivity index (χ2v) is 5.44. The van der Waals surface area contributed by atoms with Crippen molar-refractivity contribution >= 4 is 33.1 Å². The summed E-state index contributed by atoms with van der Waals surface area (Å²) in [5, 5.41) is 3.27. The van der Waals surface area contributed by atoms with Crippen LogP contribution in [0.1, 0.15) is 12.8 Å². The van der Waals surface area contributed by atoms with E-state index >= 15 is 0 Å². The van der Waals surface area contributed by atoms with Crippen LogP contribution in [0.3, 0.4) is 0 Å². The zero-order chi connectivity index (χ0) is 13.1. The van der Waals surface area contributed by atoms with Crippen molar-refractivity contribution in [1.82, 2.24) is 9.97 Å². The van der Waals surface area contributed by atoms with E-state index in [-0.39, 0.29) is 0 Å². The van der Waals surface area contributed by atoms with Crippen molar-refractivity contribution in [2.75, 3.05) is 23.3 Å². The van der Waals surface area contributed by atoms with Crippen molar-refractivity contribution in [2.24, 2.45) is 0 Å². The quantitative estimate of drug-likeness (QED) is 0.939. The van der Waals surface area contributed by atoms with E-state index in [1.54, 1.807) is 6.20 Å². The molecule has 0 aliphatic carbocycles. The third kappa shape index (κ3) is 2.87. The Morgan fingerprint density at radius 2 is 1.84 bits per heavy atom. The highest BCUT2D eigenvalue weighted by Crippen LogP contribution is 2.25. The number of rotatable bonds is 3. The van der Waals surface area contributed by atoms with Crippen molar-refractivity contribution in [1.29, 1.82) is 0 Å². The van der Waals surface area contributed by atoms with Gasteiger partial charge < -0.3 is 10.2 Å². The standard InChI is InChI=1S/C14H15BrN4/c15-13-9-16-10-17-14(13)18-11-3-5-12(6-4-11)19-7-1-2-8-19/h3-6,9-10H,1-2,7-8H2,(H,16,17,18). The van der Waals surface area contributed by atoms with Crippen molar-refractivity contribution < 1.29 is 0 Å². The summed E-state index contributed by atoms with van der Waals surface area (Å²) in [5.41, 5.74) is 2.33. The second kappa shape index (κ2) is 5.57. The van der Waals surface area contributed by atoms with Gasteiger partial charge in [-0.05, 0) is 53.0 Å². The highest BCUT2D eigenvalue weighted by atomic mass is 79.9. The Hall–Kier alpha value is -1.62. The first-order valence-corrected chi connectivity index (χ1v) is 7.20. The number of aromatic nitrogens is 2. The molecule has 1 aromatic carbocycles. The molecule has 5 heteroatoms. The van der Waals surface area contributed by atoms with Crippen molar-refractivity contribution in [2.45, 2.75) is 12.8 Å². The molecule has 3 rings (SSSR count). The van der Waals surface area contributed by atoms with Gasteiger partial charge >= 0.3 is 0 Å². The largest absolute Gasteiger partial charge is 0.372 e. The molecule has 1 aliphatic rings. The third-order valence-electron chi connectivity index (χ3n) is 3.27. The van der Waals surface area contributed by atoms with E-state index in [4.69, 9.17) is 0 Å². The van der Waals surface area contributed by atoms with Gasteiger partial charge in [-0.1, -0.05) is 0 Å². The summed E-state index contributed by atoms with van der Waals surface area (Å²) in [7, 11) is 0. The first-order chi connectivity index (χ1) is 9.33. The molecule has 1 saturated heterocycles. The summed E-state index contributed by atoms with van der Waals surface area (Å²) in [6.07, 6.45) is 5.86. The minimum Gasteiger partial charge on any atom is -0.372 e. The number of benzene rings is 1. The van der Waals surface area contributed by atoms with Gasteiger partial charge in [-0.25, -0.2) is 9.97 Å². The topological polar surface area (TPSA) is 41.1 Å². The predicted octanol–water partition coefficient (Wildman–Crippen LogP) is 3.58. The van der Waals surface area contributed by atoms with Crippen LogP contribution in [-0.4, -0.2) is 23.1 Å². The molecule has 4 nitrogen and oxygen atoms in total. The van der Waals surface area contributed by atoms with Crippen LogP contribution < -0.4 is 10.2 Å². The van der Waals surface area contributed by atoms with Crippen LogP contribution in [0.5, 0.6) is 0 Å². The molecule has 0 atom stereocenters. The first-order valence-electron chi connectivity index (χ1n) is 6.40. The Balaban J connectivity index is 1.74. The Kier molecular flexibility index (Phi) is 3.64. The summed E-state index contributed by atoms with van der Waals surface area (Å²) in [5.74, 6) is 0.781. The lowest BCUT2D eigenvalue weighted by atomic mass is 10.2. The molecule has 1 fully saturated rings. The highest BCUT2D eigenvalue weighted by Gasteiger charge is 2.11. The average Bonchev–Trinajstić information content (AvgIpc) is 2.96. The molecule has 98 valence electrons. The molecule has 2 heterocycles. The van der Waals surface area contributed by atoms with Gasteiger partial charge in [-0.3, -0.25) is 0 Å². The fourth-order valence-electron chi connectivity index (χ4n) is 2.27. The maximum absolute atomic E-state index is 4.19. The van der Waals surface area contributed by atoms with E-state index in [0.29, 0.717) is 0 Å². The van der Waals surface area contributed by atoms with Gasteiger partial charge in [-0.15, -0.1) is 0 Å². The number of hydrogen-bond acceptors (Lipinski definition) is 4. The van der Waals surface area contributed by atoms with Gasteiger partial charge in [0.2, 0.25) is 0 Å². The Morgan fingerprint density at radius 3 is 2.53 bits per heavy atom. The smallest absolute Gasteiger partial charge is 0.148 e. The van der Waals surface area contributed by atoms with Gasteiger partial charge in [-0.2, -0.15) is 0 Å². The Labute approximate surface area is 121 Å². The molecule has 0 spiro atoms. The van der Waals surface area contributed by atoms with Gasteiger partial charge in [0.1, 0.15) is 12.1 Å². The lowest BCUT2D eigenvalue weighted by Crippen LogP contribution is -2.17. The van der Waals surface area contributed by atoms with Crippen LogP contribution in [0, 0.1) is 0 Å². The number of hydrogen-bond donors (Lipinski definition) is 1. The average molecular weight is 319 g/mol. The molecule has 0 bridgehead atoms. The fraction of sp³-hybridized carbons (Fsp3) is 0.286. The maximum Gasteiger partial charge on any atom is 0.148 e. The van der Waals surface area contributed by atoms with Crippen molar-refractivity contribution in [3.63, 3.8) is 0 Å². The van der Waals surface area contributed by atoms with Crippen LogP contribution in [0.25, 0.3) is 0 Å². The van der Waals surface area contributed by atoms with Crippen LogP contribution in [0.2, 0.25) is 0 Å². The summed E-state index contributed by atoms with van der Waals surface area (Å²) >= 11 is 3.43. The summed E-state index contributed by atoms with van der Waals surface area (Å²) < 4.78 is 0.860. The predicted molar refractivity (Wildman–Crippen MR) is 80.9 cm³/mol. The second-order valence-electron chi connectivity index (χ2n) is 4.59. The van der Waals surface area contributed by atoms with Crippen LogP contribution in [-0.2, 0) is 0 Å². The van der Waals surface area contributed by atoms with Crippen LogP contribution >= 0.6 is 15.9 Å². The SMILES string of the molecule is Brc1cncnc1Nc1ccc(N2CCCC2)cc1. The van der Waals surface area contributed by atoms with E-state index in [0.717, 1.165) is 16.0 Å². The first kappa shape index (κ1) is 12.4. The molecular formula is C14H15BrN4. The third-order valence-corrected chi connectivity index (χ3v) is 3.85. The monoisotopic (exact) mass is 318 g/mol. The lowest BCUT2D eigenvalue weighted by molar-refractivity contribution is 0.949. The summed E-state index contributed by atoms with van der Waals surface area (Å²) in [4.78, 5) is 10.6. The van der Waals surface area contributed by atoms with Crippen LogP contribution in [0.15, 0.2) is 41.3 Å². The molecule has 0 amide bonds. The molecular weight excluding hydrogens is 304 g/mol. The molecule has 1 N–H and O–H groups in total. The lowest BCUT2D eigenvalue weighted by Gasteiger charge is -2.18. The minimum absolute atomic E-state index is 0.781. The Bertz CT molecular complexity index is 550. The van der Waals surface area contributed by atoms with Crippen molar-refractivity contribution in [3.05, 3.63) is 41.3 Å². The zero-order valence-corrected chi connectivity index (χ0v) is 12.1. The zero-order valence-electron chi connectivity index (χ0n) is 10.5. The molecule has 2 aromatic rings. The summed E-state index contributed by atoms with van der Waals surface area (Å²) in [6.45, 7) is 2.34. The van der Waals surface area contributed by atoms with Crippen LogP contribution in [0.4, 0.5) is 17.2 Å². The molecule has 1 aromatic heterocycles. The van der Waals surface area contributed by atoms with E-state index in [2.05, 4.69) is 60.4 Å². The molecule has 0 unspecified atom stereocenters. The summed E-state index contributed by atoms with van der Waals surface area (Å²) in [6, 6.07) is 8.48. The van der Waals surface area contributed by atoms with Gasteiger partial charge in [0, 0.05) is 30.7 Å². The van der Waals surface area contributed by atoms with Gasteiger partial charge in [0.05, 0.1) is 4.47 Å². The van der Waals surface area contributed by atoms with Crippen molar-refractivity contribution in [3.8, 4) is 0 Å². The highest BCUT2D eigenvalue weighted by molar-refractivity contribution is 9.10. The number of anilines is 3. The Morgan fingerprint density at radius 1 is 1.11 bits per heavy atom. The van der Waals surface area contributed by atoms with Gasteiger partial charge in [0.25, 0.3) is 0 Å². The van der Waals surface area contributed by atoms with Gasteiger partial charge in [0.15, 0.2) is 0 Å². The number of halogens is 1. The number of nitrogens with one attached hydrogen (secondary N) is 1. The minimum atomic E-state index is 0.781. The van der Waals surface area contributed by atoms with E-state index < -0.39 is 0 Å². The molecule has 0 radical (unpaired) electrons. The van der Waals surface area contributed by atoms with E-state index in [1.165, 1.54) is 37.9 Å². The molecule has 19 heavy (non-hydrogen) atoms. The molecule has 1 aliphatic heterocycles. The molecule has 0 saturated carbocycles. The van der Waals surface area contributed by atoms with E-state index in [1.807, 2.05) is 0 Å².